The Kier molecular flexibility index (Phi) is 4.06. The van der Waals surface area contributed by atoms with Crippen LogP contribution in [0.2, 0.25) is 0 Å². The summed E-state index contributed by atoms with van der Waals surface area (Å²) in [6.45, 7) is 2.62. The van der Waals surface area contributed by atoms with Gasteiger partial charge in [0, 0.05) is 23.6 Å². The van der Waals surface area contributed by atoms with Gasteiger partial charge in [-0.1, -0.05) is 6.42 Å². The number of nitrogens with one attached hydrogen (secondary N) is 1. The van der Waals surface area contributed by atoms with E-state index in [0.717, 1.165) is 24.2 Å². The molecule has 2 bridgehead atoms. The standard InChI is InChI=1S/C17H23NO2/c1-2-20-16-8-6-12(7-9-16)17(19)13-10-14-4-3-5-15(11-13)18-14/h6-9,13-15,18H,2-5,10-11H2,1H3. The smallest absolute Gasteiger partial charge is 0.166 e. The van der Waals surface area contributed by atoms with Crippen LogP contribution in [0.15, 0.2) is 24.3 Å². The van der Waals surface area contributed by atoms with Crippen molar-refractivity contribution < 1.29 is 9.53 Å². The molecule has 2 fully saturated rings. The van der Waals surface area contributed by atoms with Crippen molar-refractivity contribution >= 4 is 5.78 Å². The Hall–Kier alpha value is -1.35. The molecule has 2 unspecified atom stereocenters. The summed E-state index contributed by atoms with van der Waals surface area (Å²) in [6, 6.07) is 8.73. The van der Waals surface area contributed by atoms with Crippen molar-refractivity contribution in [3.8, 4) is 5.75 Å². The van der Waals surface area contributed by atoms with Gasteiger partial charge in [0.2, 0.25) is 0 Å². The van der Waals surface area contributed by atoms with Gasteiger partial charge >= 0.3 is 0 Å². The zero-order valence-corrected chi connectivity index (χ0v) is 12.1. The fraction of sp³-hybridized carbons (Fsp3) is 0.588. The van der Waals surface area contributed by atoms with E-state index in [1.807, 2.05) is 31.2 Å². The van der Waals surface area contributed by atoms with Gasteiger partial charge in [-0.15, -0.1) is 0 Å². The molecule has 2 aliphatic rings. The zero-order valence-electron chi connectivity index (χ0n) is 12.1. The number of ether oxygens (including phenoxy) is 1. The lowest BCUT2D eigenvalue weighted by atomic mass is 9.77. The summed E-state index contributed by atoms with van der Waals surface area (Å²) in [6.07, 6.45) is 5.77. The van der Waals surface area contributed by atoms with Crippen molar-refractivity contribution in [3.63, 3.8) is 0 Å². The predicted octanol–water partition coefficient (Wildman–Crippen LogP) is 3.19. The molecule has 3 rings (SSSR count). The van der Waals surface area contributed by atoms with E-state index in [1.165, 1.54) is 19.3 Å². The van der Waals surface area contributed by atoms with E-state index in [2.05, 4.69) is 5.32 Å². The first kappa shape index (κ1) is 13.6. The number of ketones is 1. The monoisotopic (exact) mass is 273 g/mol. The van der Waals surface area contributed by atoms with Gasteiger partial charge < -0.3 is 10.1 Å². The molecular weight excluding hydrogens is 250 g/mol. The number of hydrogen-bond donors (Lipinski definition) is 1. The first-order valence-corrected chi connectivity index (χ1v) is 7.79. The van der Waals surface area contributed by atoms with Gasteiger partial charge in [-0.05, 0) is 56.9 Å². The highest BCUT2D eigenvalue weighted by Crippen LogP contribution is 2.31. The van der Waals surface area contributed by atoms with Gasteiger partial charge in [-0.2, -0.15) is 0 Å². The molecule has 108 valence electrons. The summed E-state index contributed by atoms with van der Waals surface area (Å²) in [7, 11) is 0. The molecule has 0 saturated carbocycles. The molecule has 0 amide bonds. The molecule has 3 nitrogen and oxygen atoms in total. The summed E-state index contributed by atoms with van der Waals surface area (Å²) < 4.78 is 5.43. The summed E-state index contributed by atoms with van der Waals surface area (Å²) in [5, 5.41) is 3.64. The summed E-state index contributed by atoms with van der Waals surface area (Å²) in [4.78, 5) is 12.6. The summed E-state index contributed by atoms with van der Waals surface area (Å²) >= 11 is 0. The minimum Gasteiger partial charge on any atom is -0.494 e. The highest BCUT2D eigenvalue weighted by atomic mass is 16.5. The van der Waals surface area contributed by atoms with Gasteiger partial charge in [-0.3, -0.25) is 4.79 Å². The van der Waals surface area contributed by atoms with Crippen LogP contribution in [0.1, 0.15) is 49.4 Å². The van der Waals surface area contributed by atoms with E-state index in [1.54, 1.807) is 0 Å². The van der Waals surface area contributed by atoms with E-state index >= 15 is 0 Å². The molecule has 20 heavy (non-hydrogen) atoms. The number of benzene rings is 1. The molecule has 2 heterocycles. The molecule has 0 aliphatic carbocycles. The van der Waals surface area contributed by atoms with Gasteiger partial charge in [0.25, 0.3) is 0 Å². The maximum Gasteiger partial charge on any atom is 0.166 e. The van der Waals surface area contributed by atoms with Gasteiger partial charge in [0.05, 0.1) is 6.61 Å². The van der Waals surface area contributed by atoms with Crippen molar-refractivity contribution in [3.05, 3.63) is 29.8 Å². The van der Waals surface area contributed by atoms with Gasteiger partial charge in [-0.25, -0.2) is 0 Å². The lowest BCUT2D eigenvalue weighted by Gasteiger charge is -2.39. The third-order valence-electron chi connectivity index (χ3n) is 4.54. The van der Waals surface area contributed by atoms with Crippen LogP contribution in [0.4, 0.5) is 0 Å². The second-order valence-corrected chi connectivity index (χ2v) is 5.98. The van der Waals surface area contributed by atoms with E-state index in [9.17, 15) is 4.79 Å². The van der Waals surface area contributed by atoms with Crippen LogP contribution in [0.25, 0.3) is 0 Å². The summed E-state index contributed by atoms with van der Waals surface area (Å²) in [5.41, 5.74) is 0.832. The first-order chi connectivity index (χ1) is 9.76. The Morgan fingerprint density at radius 2 is 1.85 bits per heavy atom. The highest BCUT2D eigenvalue weighted by Gasteiger charge is 2.34. The van der Waals surface area contributed by atoms with Crippen molar-refractivity contribution in [1.82, 2.24) is 5.32 Å². The van der Waals surface area contributed by atoms with E-state index in [0.29, 0.717) is 24.5 Å². The SMILES string of the molecule is CCOc1ccc(C(=O)C2CC3CCCC(C2)N3)cc1. The fourth-order valence-corrected chi connectivity index (χ4v) is 3.60. The Morgan fingerprint density at radius 3 is 2.45 bits per heavy atom. The molecular formula is C17H23NO2. The van der Waals surface area contributed by atoms with Crippen molar-refractivity contribution in [2.45, 2.75) is 51.1 Å². The van der Waals surface area contributed by atoms with Crippen LogP contribution in [0.3, 0.4) is 0 Å². The van der Waals surface area contributed by atoms with Crippen LogP contribution in [0, 0.1) is 5.92 Å². The number of carbonyl (C=O) groups is 1. The Morgan fingerprint density at radius 1 is 1.20 bits per heavy atom. The first-order valence-electron chi connectivity index (χ1n) is 7.79. The molecule has 1 aromatic rings. The molecule has 2 saturated heterocycles. The molecule has 0 radical (unpaired) electrons. The van der Waals surface area contributed by atoms with Crippen molar-refractivity contribution in [1.29, 1.82) is 0 Å². The van der Waals surface area contributed by atoms with Crippen molar-refractivity contribution in [2.75, 3.05) is 6.61 Å². The minimum absolute atomic E-state index is 0.199. The molecule has 0 spiro atoms. The largest absolute Gasteiger partial charge is 0.494 e. The van der Waals surface area contributed by atoms with Crippen LogP contribution in [-0.4, -0.2) is 24.5 Å². The zero-order chi connectivity index (χ0) is 13.9. The lowest BCUT2D eigenvalue weighted by molar-refractivity contribution is 0.0825. The molecule has 1 N–H and O–H groups in total. The molecule has 2 atom stereocenters. The summed E-state index contributed by atoms with van der Waals surface area (Å²) in [5.74, 6) is 1.35. The maximum absolute atomic E-state index is 12.6. The molecule has 0 aromatic heterocycles. The van der Waals surface area contributed by atoms with Crippen LogP contribution in [0.5, 0.6) is 5.75 Å². The fourth-order valence-electron chi connectivity index (χ4n) is 3.60. The quantitative estimate of drug-likeness (QED) is 0.856. The average molecular weight is 273 g/mol. The molecule has 1 aromatic carbocycles. The van der Waals surface area contributed by atoms with Crippen molar-refractivity contribution in [2.24, 2.45) is 5.92 Å². The second-order valence-electron chi connectivity index (χ2n) is 5.98. The Labute approximate surface area is 120 Å². The minimum atomic E-state index is 0.199. The Bertz CT molecular complexity index is 456. The second kappa shape index (κ2) is 5.96. The predicted molar refractivity (Wildman–Crippen MR) is 79.2 cm³/mol. The van der Waals surface area contributed by atoms with E-state index < -0.39 is 0 Å². The van der Waals surface area contributed by atoms with Crippen LogP contribution in [-0.2, 0) is 0 Å². The maximum atomic E-state index is 12.6. The van der Waals surface area contributed by atoms with Gasteiger partial charge in [0.15, 0.2) is 5.78 Å². The third kappa shape index (κ3) is 2.88. The number of hydrogen-bond acceptors (Lipinski definition) is 3. The number of Topliss-reactive ketones (excluding diaryl/α,β-unsaturated/α-hetero) is 1. The number of carbonyl (C=O) groups excluding carboxylic acids is 1. The number of rotatable bonds is 4. The normalized spacial score (nSPS) is 28.9. The van der Waals surface area contributed by atoms with Crippen LogP contribution >= 0.6 is 0 Å². The lowest BCUT2D eigenvalue weighted by Crippen LogP contribution is -2.50. The number of piperidine rings is 2. The topological polar surface area (TPSA) is 38.3 Å². The average Bonchev–Trinajstić information content (AvgIpc) is 2.47. The third-order valence-corrected chi connectivity index (χ3v) is 4.54. The highest BCUT2D eigenvalue weighted by molar-refractivity contribution is 5.98. The molecule has 2 aliphatic heterocycles. The van der Waals surface area contributed by atoms with E-state index in [-0.39, 0.29) is 5.92 Å². The van der Waals surface area contributed by atoms with E-state index in [4.69, 9.17) is 4.74 Å². The number of fused-ring (bicyclic) bond motifs is 2. The van der Waals surface area contributed by atoms with Gasteiger partial charge in [0.1, 0.15) is 5.75 Å². The Balaban J connectivity index is 1.68. The molecule has 3 heteroatoms. The van der Waals surface area contributed by atoms with Crippen LogP contribution < -0.4 is 10.1 Å².